The molecule has 0 radical (unpaired) electrons. The minimum atomic E-state index is -0.514. The average molecular weight is 466 g/mol. The summed E-state index contributed by atoms with van der Waals surface area (Å²) in [4.78, 5) is 44.6. The fourth-order valence-electron chi connectivity index (χ4n) is 4.57. The van der Waals surface area contributed by atoms with Crippen LogP contribution in [0.2, 0.25) is 0 Å². The molecule has 1 aromatic carbocycles. The van der Waals surface area contributed by atoms with Gasteiger partial charge in [-0.15, -0.1) is 0 Å². The van der Waals surface area contributed by atoms with Gasteiger partial charge >= 0.3 is 6.03 Å². The van der Waals surface area contributed by atoms with Gasteiger partial charge in [0.05, 0.1) is 0 Å². The van der Waals surface area contributed by atoms with Crippen molar-refractivity contribution in [2.45, 2.75) is 43.7 Å². The highest BCUT2D eigenvalue weighted by Crippen LogP contribution is 2.29. The molecule has 3 amide bonds. The highest BCUT2D eigenvalue weighted by molar-refractivity contribution is 7.99. The van der Waals surface area contributed by atoms with Gasteiger partial charge in [-0.05, 0) is 37.0 Å². The van der Waals surface area contributed by atoms with Crippen LogP contribution in [-0.2, 0) is 17.8 Å². The van der Waals surface area contributed by atoms with Crippen molar-refractivity contribution < 1.29 is 9.59 Å². The van der Waals surface area contributed by atoms with E-state index >= 15 is 0 Å². The Morgan fingerprint density at radius 3 is 2.82 bits per heavy atom. The van der Waals surface area contributed by atoms with E-state index in [0.29, 0.717) is 6.54 Å². The van der Waals surface area contributed by atoms with E-state index in [1.165, 1.54) is 16.0 Å². The lowest BCUT2D eigenvalue weighted by atomic mass is 10.0. The summed E-state index contributed by atoms with van der Waals surface area (Å²) >= 11 is 1.61. The van der Waals surface area contributed by atoms with E-state index in [-0.39, 0.29) is 5.91 Å². The summed E-state index contributed by atoms with van der Waals surface area (Å²) in [5, 5.41) is 3.24. The van der Waals surface area contributed by atoms with E-state index in [9.17, 15) is 9.59 Å². The first kappa shape index (κ1) is 21.7. The van der Waals surface area contributed by atoms with Crippen LogP contribution in [0.3, 0.4) is 0 Å². The molecule has 0 spiro atoms. The fraction of sp³-hybridized carbons (Fsp3) is 0.435. The van der Waals surface area contributed by atoms with Gasteiger partial charge in [-0.1, -0.05) is 36.0 Å². The molecule has 9 nitrogen and oxygen atoms in total. The van der Waals surface area contributed by atoms with Gasteiger partial charge in [0.25, 0.3) is 5.91 Å². The van der Waals surface area contributed by atoms with Crippen molar-refractivity contribution in [2.24, 2.45) is 4.99 Å². The number of rotatable bonds is 5. The highest BCUT2D eigenvalue weighted by Gasteiger charge is 2.49. The molecule has 33 heavy (non-hydrogen) atoms. The molecule has 3 aliphatic rings. The number of hydrogen-bond acceptors (Lipinski definition) is 8. The lowest BCUT2D eigenvalue weighted by Crippen LogP contribution is -2.64. The van der Waals surface area contributed by atoms with Crippen molar-refractivity contribution in [1.82, 2.24) is 30.0 Å². The monoisotopic (exact) mass is 465 g/mol. The molecule has 172 valence electrons. The van der Waals surface area contributed by atoms with Gasteiger partial charge in [-0.2, -0.15) is 0 Å². The SMILES string of the molecule is Cc1ccnc(SCCCN2C(N3CCc4ccccc4C3)=NC3C2C(=O)NC(=O)N3C)n1. The van der Waals surface area contributed by atoms with E-state index < -0.39 is 18.2 Å². The summed E-state index contributed by atoms with van der Waals surface area (Å²) < 4.78 is 0. The fourth-order valence-corrected chi connectivity index (χ4v) is 5.37. The lowest BCUT2D eigenvalue weighted by molar-refractivity contribution is -0.127. The van der Waals surface area contributed by atoms with Gasteiger partial charge in [0.1, 0.15) is 0 Å². The van der Waals surface area contributed by atoms with Crippen LogP contribution in [0, 0.1) is 6.92 Å². The van der Waals surface area contributed by atoms with Gasteiger partial charge < -0.3 is 14.7 Å². The van der Waals surface area contributed by atoms with Crippen molar-refractivity contribution >= 4 is 29.7 Å². The minimum Gasteiger partial charge on any atom is -0.338 e. The van der Waals surface area contributed by atoms with Crippen LogP contribution in [0.15, 0.2) is 46.7 Å². The number of imide groups is 1. The first-order chi connectivity index (χ1) is 16.0. The number of guanidine groups is 1. The third-order valence-electron chi connectivity index (χ3n) is 6.30. The van der Waals surface area contributed by atoms with Gasteiger partial charge in [-0.25, -0.2) is 19.8 Å². The second kappa shape index (κ2) is 9.01. The maximum Gasteiger partial charge on any atom is 0.325 e. The molecule has 2 unspecified atom stereocenters. The van der Waals surface area contributed by atoms with Crippen molar-refractivity contribution in [3.63, 3.8) is 0 Å². The molecule has 0 bridgehead atoms. The minimum absolute atomic E-state index is 0.283. The van der Waals surface area contributed by atoms with Crippen molar-refractivity contribution in [2.75, 3.05) is 25.9 Å². The number of thioether (sulfide) groups is 1. The van der Waals surface area contributed by atoms with Gasteiger partial charge in [-0.3, -0.25) is 10.1 Å². The number of aliphatic imine (C=N–C) groups is 1. The molecule has 2 atom stereocenters. The van der Waals surface area contributed by atoms with Crippen LogP contribution in [0.25, 0.3) is 0 Å². The van der Waals surface area contributed by atoms with Crippen LogP contribution in [0.5, 0.6) is 0 Å². The molecular weight excluding hydrogens is 438 g/mol. The maximum atomic E-state index is 12.8. The molecule has 5 rings (SSSR count). The Bertz CT molecular complexity index is 1110. The highest BCUT2D eigenvalue weighted by atomic mass is 32.2. The molecule has 1 N–H and O–H groups in total. The number of carbonyl (C=O) groups excluding carboxylic acids is 2. The van der Waals surface area contributed by atoms with Crippen LogP contribution in [0.4, 0.5) is 4.79 Å². The number of nitrogens with one attached hydrogen (secondary N) is 1. The first-order valence-electron chi connectivity index (χ1n) is 11.2. The van der Waals surface area contributed by atoms with E-state index in [1.807, 2.05) is 13.0 Å². The van der Waals surface area contributed by atoms with E-state index in [0.717, 1.165) is 48.5 Å². The molecule has 1 fully saturated rings. The van der Waals surface area contributed by atoms with Crippen molar-refractivity contribution in [3.05, 3.63) is 53.3 Å². The normalized spacial score (nSPS) is 22.1. The molecule has 1 aromatic heterocycles. The molecular formula is C23H27N7O2S. The molecule has 1 saturated heterocycles. The van der Waals surface area contributed by atoms with Crippen LogP contribution in [0.1, 0.15) is 23.2 Å². The Balaban J connectivity index is 1.33. The lowest BCUT2D eigenvalue weighted by Gasteiger charge is -2.38. The number of nitrogens with zero attached hydrogens (tertiary/aromatic N) is 6. The summed E-state index contributed by atoms with van der Waals surface area (Å²) in [5.41, 5.74) is 3.58. The van der Waals surface area contributed by atoms with Gasteiger partial charge in [0.2, 0.25) is 0 Å². The number of fused-ring (bicyclic) bond motifs is 2. The molecule has 2 aromatic rings. The van der Waals surface area contributed by atoms with Crippen molar-refractivity contribution in [1.29, 1.82) is 0 Å². The summed E-state index contributed by atoms with van der Waals surface area (Å²) in [6.07, 6.45) is 3.03. The quantitative estimate of drug-likeness (QED) is 0.409. The second-order valence-electron chi connectivity index (χ2n) is 8.51. The van der Waals surface area contributed by atoms with Gasteiger partial charge in [0.15, 0.2) is 23.3 Å². The van der Waals surface area contributed by atoms with E-state index in [1.54, 1.807) is 25.0 Å². The van der Waals surface area contributed by atoms with Crippen LogP contribution >= 0.6 is 11.8 Å². The third kappa shape index (κ3) is 4.27. The predicted octanol–water partition coefficient (Wildman–Crippen LogP) is 1.87. The van der Waals surface area contributed by atoms with E-state index in [2.05, 4.69) is 49.4 Å². The molecule has 0 aliphatic carbocycles. The standard InChI is InChI=1S/C23H27N7O2S/c1-15-8-10-24-21(25-15)33-13-5-11-30-18-19(28(2)23(32)27-20(18)31)26-22(30)29-12-9-16-6-3-4-7-17(16)14-29/h3-4,6-8,10,18-19H,5,9,11-14H2,1-2H3,(H,27,31,32). The zero-order valence-electron chi connectivity index (χ0n) is 18.8. The number of benzene rings is 1. The Morgan fingerprint density at radius 1 is 1.18 bits per heavy atom. The topological polar surface area (TPSA) is 94.0 Å². The summed E-state index contributed by atoms with van der Waals surface area (Å²) in [6.45, 7) is 4.19. The average Bonchev–Trinajstić information content (AvgIpc) is 3.20. The third-order valence-corrected chi connectivity index (χ3v) is 7.25. The van der Waals surface area contributed by atoms with Gasteiger partial charge in [0, 0.05) is 44.3 Å². The van der Waals surface area contributed by atoms with Crippen LogP contribution in [-0.4, -0.2) is 80.7 Å². The molecule has 0 saturated carbocycles. The summed E-state index contributed by atoms with van der Waals surface area (Å²) in [5.74, 6) is 1.34. The molecule has 10 heteroatoms. The Kier molecular flexibility index (Phi) is 5.92. The van der Waals surface area contributed by atoms with E-state index in [4.69, 9.17) is 4.99 Å². The Labute approximate surface area is 197 Å². The summed E-state index contributed by atoms with van der Waals surface area (Å²) in [6, 6.07) is 9.42. The molecule has 4 heterocycles. The molecule has 3 aliphatic heterocycles. The first-order valence-corrected chi connectivity index (χ1v) is 12.2. The Hall–Kier alpha value is -3.14. The maximum absolute atomic E-state index is 12.8. The zero-order chi connectivity index (χ0) is 22.9. The Morgan fingerprint density at radius 2 is 2.00 bits per heavy atom. The van der Waals surface area contributed by atoms with Crippen molar-refractivity contribution in [3.8, 4) is 0 Å². The number of amides is 3. The largest absolute Gasteiger partial charge is 0.338 e. The number of aromatic nitrogens is 2. The van der Waals surface area contributed by atoms with Crippen LogP contribution < -0.4 is 5.32 Å². The zero-order valence-corrected chi connectivity index (χ0v) is 19.6. The second-order valence-corrected chi connectivity index (χ2v) is 9.57. The summed E-state index contributed by atoms with van der Waals surface area (Å²) in [7, 11) is 1.69. The number of hydrogen-bond donors (Lipinski definition) is 1. The number of aryl methyl sites for hydroxylation is 1. The smallest absolute Gasteiger partial charge is 0.325 e. The predicted molar refractivity (Wildman–Crippen MR) is 126 cm³/mol. The number of urea groups is 1. The number of carbonyl (C=O) groups is 2. The number of likely N-dealkylation sites (N-methyl/N-ethyl adjacent to an activating group) is 1.